The maximum absolute atomic E-state index is 11.5. The molecular weight excluding hydrogens is 216 g/mol. The van der Waals surface area contributed by atoms with Crippen LogP contribution in [-0.2, 0) is 5.41 Å². The number of likely N-dealkylation sites (N-methyl/N-ethyl adjacent to an activating group) is 1. The predicted octanol–water partition coefficient (Wildman–Crippen LogP) is 0.944. The maximum Gasteiger partial charge on any atom is 0.249 e. The van der Waals surface area contributed by atoms with E-state index in [2.05, 4.69) is 17.1 Å². The molecule has 96 valence electrons. The number of anilines is 1. The minimum Gasteiger partial charge on any atom is -0.380 e. The minimum absolute atomic E-state index is 0.260. The molecule has 0 aliphatic rings. The van der Waals surface area contributed by atoms with Crippen LogP contribution in [0.15, 0.2) is 9.59 Å². The summed E-state index contributed by atoms with van der Waals surface area (Å²) < 4.78 is 0. The Morgan fingerprint density at radius 3 is 2.24 bits per heavy atom. The van der Waals surface area contributed by atoms with Gasteiger partial charge in [-0.25, -0.2) is 0 Å². The van der Waals surface area contributed by atoms with Crippen molar-refractivity contribution in [3.05, 3.63) is 26.0 Å². The summed E-state index contributed by atoms with van der Waals surface area (Å²) in [4.78, 5) is 25.1. The fourth-order valence-electron chi connectivity index (χ4n) is 1.81. The van der Waals surface area contributed by atoms with Crippen LogP contribution in [0.2, 0.25) is 0 Å². The van der Waals surface area contributed by atoms with E-state index < -0.39 is 0 Å². The van der Waals surface area contributed by atoms with E-state index in [4.69, 9.17) is 0 Å². The number of hydrogen-bond donors (Lipinski definition) is 1. The highest BCUT2D eigenvalue weighted by Crippen LogP contribution is 2.25. The van der Waals surface area contributed by atoms with Gasteiger partial charge in [-0.3, -0.25) is 9.59 Å². The van der Waals surface area contributed by atoms with Gasteiger partial charge in [0.1, 0.15) is 0 Å². The Morgan fingerprint density at radius 2 is 1.76 bits per heavy atom. The van der Waals surface area contributed by atoms with Gasteiger partial charge in [0.2, 0.25) is 10.9 Å². The SMILES string of the molecule is CCN(C)CCNc1c(C(C)(C)C)c(=O)c1=O. The molecule has 4 heteroatoms. The van der Waals surface area contributed by atoms with Crippen molar-refractivity contribution in [1.29, 1.82) is 0 Å². The van der Waals surface area contributed by atoms with Gasteiger partial charge in [0.25, 0.3) is 0 Å². The summed E-state index contributed by atoms with van der Waals surface area (Å²) in [6.45, 7) is 10.5. The second-order valence-corrected chi connectivity index (χ2v) is 5.48. The molecule has 0 heterocycles. The first-order valence-electron chi connectivity index (χ1n) is 6.05. The van der Waals surface area contributed by atoms with Crippen LogP contribution in [0.1, 0.15) is 33.3 Å². The molecule has 1 N–H and O–H groups in total. The predicted molar refractivity (Wildman–Crippen MR) is 71.7 cm³/mol. The summed E-state index contributed by atoms with van der Waals surface area (Å²) in [6, 6.07) is 0. The molecule has 0 atom stereocenters. The van der Waals surface area contributed by atoms with E-state index in [-0.39, 0.29) is 16.3 Å². The second kappa shape index (κ2) is 5.00. The van der Waals surface area contributed by atoms with Crippen molar-refractivity contribution in [3.8, 4) is 0 Å². The van der Waals surface area contributed by atoms with Gasteiger partial charge in [0, 0.05) is 18.7 Å². The average Bonchev–Trinajstić information content (AvgIpc) is 2.24. The molecule has 1 aromatic carbocycles. The summed E-state index contributed by atoms with van der Waals surface area (Å²) in [5.74, 6) is 0. The Labute approximate surface area is 102 Å². The third-order valence-corrected chi connectivity index (χ3v) is 3.00. The van der Waals surface area contributed by atoms with Crippen LogP contribution in [0.25, 0.3) is 0 Å². The molecule has 0 fully saturated rings. The lowest BCUT2D eigenvalue weighted by molar-refractivity contribution is 0.367. The normalized spacial score (nSPS) is 12.4. The summed E-state index contributed by atoms with van der Waals surface area (Å²) >= 11 is 0. The molecule has 0 bridgehead atoms. The summed E-state index contributed by atoms with van der Waals surface area (Å²) in [5.41, 5.74) is 0.204. The van der Waals surface area contributed by atoms with E-state index in [1.807, 2.05) is 27.8 Å². The Morgan fingerprint density at radius 1 is 1.18 bits per heavy atom. The van der Waals surface area contributed by atoms with Gasteiger partial charge in [-0.2, -0.15) is 0 Å². The number of hydrogen-bond acceptors (Lipinski definition) is 4. The Bertz CT molecular complexity index is 450. The molecule has 1 rings (SSSR count). The van der Waals surface area contributed by atoms with Crippen molar-refractivity contribution in [1.82, 2.24) is 4.90 Å². The van der Waals surface area contributed by atoms with Gasteiger partial charge in [0.05, 0.1) is 5.69 Å². The average molecular weight is 238 g/mol. The first-order valence-corrected chi connectivity index (χ1v) is 6.05. The molecule has 4 nitrogen and oxygen atoms in total. The standard InChI is InChI=1S/C13H22N2O2/c1-6-15(5)8-7-14-10-9(13(2,3)4)11(16)12(10)17/h14H,6-8H2,1-5H3. The molecule has 0 aliphatic heterocycles. The maximum atomic E-state index is 11.5. The third-order valence-electron chi connectivity index (χ3n) is 3.00. The van der Waals surface area contributed by atoms with Crippen LogP contribution in [0.5, 0.6) is 0 Å². The van der Waals surface area contributed by atoms with Crippen LogP contribution in [-0.4, -0.2) is 31.6 Å². The first kappa shape index (κ1) is 13.9. The van der Waals surface area contributed by atoms with Gasteiger partial charge in [-0.1, -0.05) is 27.7 Å². The Kier molecular flexibility index (Phi) is 4.09. The van der Waals surface area contributed by atoms with Crippen LogP contribution in [0.3, 0.4) is 0 Å². The highest BCUT2D eigenvalue weighted by Gasteiger charge is 2.29. The molecule has 0 amide bonds. The van der Waals surface area contributed by atoms with E-state index in [9.17, 15) is 9.59 Å². The molecular formula is C13H22N2O2. The zero-order valence-corrected chi connectivity index (χ0v) is 11.4. The summed E-state index contributed by atoms with van der Waals surface area (Å²) in [7, 11) is 2.02. The molecule has 0 radical (unpaired) electrons. The van der Waals surface area contributed by atoms with Crippen LogP contribution in [0, 0.1) is 0 Å². The molecule has 1 aromatic rings. The monoisotopic (exact) mass is 238 g/mol. The number of nitrogens with one attached hydrogen (secondary N) is 1. The zero-order chi connectivity index (χ0) is 13.2. The lowest BCUT2D eigenvalue weighted by atomic mass is 9.82. The highest BCUT2D eigenvalue weighted by molar-refractivity contribution is 5.59. The zero-order valence-electron chi connectivity index (χ0n) is 11.4. The van der Waals surface area contributed by atoms with E-state index in [0.29, 0.717) is 17.8 Å². The van der Waals surface area contributed by atoms with Gasteiger partial charge in [0.15, 0.2) is 0 Å². The first-order chi connectivity index (χ1) is 7.79. The fourth-order valence-corrected chi connectivity index (χ4v) is 1.81. The van der Waals surface area contributed by atoms with Crippen molar-refractivity contribution in [2.24, 2.45) is 0 Å². The number of nitrogens with zero attached hydrogens (tertiary/aromatic N) is 1. The lowest BCUT2D eigenvalue weighted by Gasteiger charge is -2.24. The largest absolute Gasteiger partial charge is 0.380 e. The van der Waals surface area contributed by atoms with Crippen molar-refractivity contribution >= 4 is 5.69 Å². The quantitative estimate of drug-likeness (QED) is 0.776. The molecule has 0 spiro atoms. The van der Waals surface area contributed by atoms with E-state index >= 15 is 0 Å². The van der Waals surface area contributed by atoms with Crippen molar-refractivity contribution in [2.75, 3.05) is 32.0 Å². The lowest BCUT2D eigenvalue weighted by Crippen LogP contribution is -2.44. The molecule has 0 aliphatic carbocycles. The smallest absolute Gasteiger partial charge is 0.249 e. The molecule has 0 aromatic heterocycles. The van der Waals surface area contributed by atoms with Gasteiger partial charge >= 0.3 is 0 Å². The third kappa shape index (κ3) is 2.94. The highest BCUT2D eigenvalue weighted by atomic mass is 16.2. The van der Waals surface area contributed by atoms with Crippen LogP contribution < -0.4 is 16.2 Å². The van der Waals surface area contributed by atoms with Crippen molar-refractivity contribution < 1.29 is 0 Å². The van der Waals surface area contributed by atoms with Gasteiger partial charge in [-0.05, 0) is 19.0 Å². The van der Waals surface area contributed by atoms with Gasteiger partial charge in [-0.15, -0.1) is 0 Å². The summed E-state index contributed by atoms with van der Waals surface area (Å²) in [5, 5.41) is 3.09. The van der Waals surface area contributed by atoms with Crippen molar-refractivity contribution in [2.45, 2.75) is 33.1 Å². The fraction of sp³-hybridized carbons (Fsp3) is 0.692. The molecule has 0 saturated carbocycles. The topological polar surface area (TPSA) is 49.4 Å². The van der Waals surface area contributed by atoms with Crippen LogP contribution >= 0.6 is 0 Å². The van der Waals surface area contributed by atoms with Crippen LogP contribution in [0.4, 0.5) is 5.69 Å². The van der Waals surface area contributed by atoms with E-state index in [1.54, 1.807) is 0 Å². The number of rotatable bonds is 5. The van der Waals surface area contributed by atoms with Gasteiger partial charge < -0.3 is 10.2 Å². The van der Waals surface area contributed by atoms with Crippen molar-refractivity contribution in [3.63, 3.8) is 0 Å². The molecule has 0 saturated heterocycles. The Balaban J connectivity index is 2.71. The van der Waals surface area contributed by atoms with E-state index in [0.717, 1.165) is 13.1 Å². The Hall–Kier alpha value is -1.16. The summed E-state index contributed by atoms with van der Waals surface area (Å²) in [6.07, 6.45) is 0. The molecule has 17 heavy (non-hydrogen) atoms. The van der Waals surface area contributed by atoms with E-state index in [1.165, 1.54) is 0 Å². The second-order valence-electron chi connectivity index (χ2n) is 5.48. The molecule has 0 unspecified atom stereocenters. The minimum atomic E-state index is -0.367.